The van der Waals surface area contributed by atoms with Crippen LogP contribution in [0.2, 0.25) is 0 Å². The molecule has 194 valence electrons. The molecule has 0 aliphatic heterocycles. The molecular weight excluding hydrogens is 522 g/mol. The number of aromatic nitrogens is 2. The summed E-state index contributed by atoms with van der Waals surface area (Å²) in [6, 6.07) is 0. The Labute approximate surface area is 226 Å². The Morgan fingerprint density at radius 2 is 1.53 bits per heavy atom. The molecule has 0 radical (unpaired) electrons. The molecular formula is C23H43ClN6P2S2. The van der Waals surface area contributed by atoms with Crippen molar-refractivity contribution in [3.8, 4) is 0 Å². The van der Waals surface area contributed by atoms with Crippen LogP contribution in [0.5, 0.6) is 0 Å². The minimum atomic E-state index is 0. The van der Waals surface area contributed by atoms with E-state index in [9.17, 15) is 0 Å². The summed E-state index contributed by atoms with van der Waals surface area (Å²) in [5.74, 6) is 1.30. The summed E-state index contributed by atoms with van der Waals surface area (Å²) in [7, 11) is 2.52. The first-order valence-corrected chi connectivity index (χ1v) is 15.0. The zero-order valence-corrected chi connectivity index (χ0v) is 24.7. The number of azide groups is 1. The molecule has 0 saturated heterocycles. The lowest BCUT2D eigenvalue weighted by atomic mass is 9.91. The van der Waals surface area contributed by atoms with E-state index < -0.39 is 0 Å². The van der Waals surface area contributed by atoms with Crippen LogP contribution < -0.4 is 5.73 Å². The Kier molecular flexibility index (Phi) is 14.7. The summed E-state index contributed by atoms with van der Waals surface area (Å²) in [4.78, 5) is 14.0. The molecule has 2 aromatic heterocycles. The van der Waals surface area contributed by atoms with E-state index in [2.05, 4.69) is 56.6 Å². The molecule has 2 aliphatic carbocycles. The zero-order valence-electron chi connectivity index (χ0n) is 21.1. The first-order valence-electron chi connectivity index (χ1n) is 11.6. The normalized spacial score (nSPS) is 22.2. The highest BCUT2D eigenvalue weighted by atomic mass is 35.5. The minimum absolute atomic E-state index is 0. The van der Waals surface area contributed by atoms with Crippen LogP contribution in [0.3, 0.4) is 0 Å². The fraction of sp³-hybridized carbons (Fsp3) is 0.739. The summed E-state index contributed by atoms with van der Waals surface area (Å²) in [6.07, 6.45) is 11.4. The van der Waals surface area contributed by atoms with Crippen molar-refractivity contribution in [1.82, 2.24) is 9.97 Å². The number of hydrogen-bond donors (Lipinski definition) is 1. The monoisotopic (exact) mass is 566 g/mol. The summed E-state index contributed by atoms with van der Waals surface area (Å²) >= 11 is 3.49. The highest BCUT2D eigenvalue weighted by Gasteiger charge is 2.34. The Hall–Kier alpha value is -0.320. The van der Waals surface area contributed by atoms with Crippen LogP contribution in [-0.2, 0) is 13.1 Å². The molecule has 2 aromatic rings. The molecule has 0 aromatic carbocycles. The molecule has 11 heteroatoms. The first kappa shape index (κ1) is 31.7. The lowest BCUT2D eigenvalue weighted by molar-refractivity contribution is 0.376. The van der Waals surface area contributed by atoms with Crippen molar-refractivity contribution in [2.24, 2.45) is 21.7 Å². The fourth-order valence-electron chi connectivity index (χ4n) is 4.59. The molecule has 0 amide bonds. The van der Waals surface area contributed by atoms with E-state index >= 15 is 0 Å². The van der Waals surface area contributed by atoms with E-state index in [0.29, 0.717) is 35.8 Å². The quantitative estimate of drug-likeness (QED) is 0.169. The maximum absolute atomic E-state index is 8.26. The van der Waals surface area contributed by atoms with Gasteiger partial charge in [-0.1, -0.05) is 40.2 Å². The van der Waals surface area contributed by atoms with Crippen LogP contribution in [0.4, 0.5) is 0 Å². The van der Waals surface area contributed by atoms with Gasteiger partial charge < -0.3 is 5.73 Å². The van der Waals surface area contributed by atoms with Crippen molar-refractivity contribution in [2.75, 3.05) is 0 Å². The van der Waals surface area contributed by atoms with E-state index in [1.165, 1.54) is 53.4 Å². The molecule has 4 atom stereocenters. The van der Waals surface area contributed by atoms with Gasteiger partial charge in [-0.05, 0) is 54.9 Å². The Bertz CT molecular complexity index is 917. The standard InChI is InChI=1S/C11H16N4S.C11H18N2S.CH4.ClH.H4P2/c1-11(2)4-3-8(5-11)10-13-6-9(16-10)7-14-15-12;1-11(2)4-3-8(5-11)10-13-7-9(6-12)14-10;;;1-2/h6,8H,3-5,7H2,1-2H3;7-8H,3-6,12H2,1-2H3;1H4;1H;1-2H2/i;;;;1T. The van der Waals surface area contributed by atoms with Crippen molar-refractivity contribution in [3.63, 3.8) is 0 Å². The average molecular weight is 567 g/mol. The summed E-state index contributed by atoms with van der Waals surface area (Å²) < 4.78 is 6.20. The third-order valence-electron chi connectivity index (χ3n) is 6.27. The number of nitrogens with zero attached hydrogens (tertiary/aromatic N) is 5. The Balaban J connectivity index is 0.000000568. The number of hydrogen-bond acceptors (Lipinski definition) is 6. The molecule has 34 heavy (non-hydrogen) atoms. The average Bonchev–Trinajstić information content (AvgIpc) is 3.53. The van der Waals surface area contributed by atoms with E-state index in [-0.39, 0.29) is 28.7 Å². The molecule has 0 bridgehead atoms. The van der Waals surface area contributed by atoms with E-state index in [0.717, 1.165) is 4.88 Å². The smallest absolute Gasteiger partial charge is 0.0959 e. The van der Waals surface area contributed by atoms with E-state index in [1.54, 1.807) is 22.7 Å². The molecule has 2 saturated carbocycles. The van der Waals surface area contributed by atoms with Gasteiger partial charge in [-0.2, -0.15) is 0 Å². The van der Waals surface area contributed by atoms with Crippen molar-refractivity contribution in [2.45, 2.75) is 98.6 Å². The third-order valence-corrected chi connectivity index (χ3v) is 8.60. The predicted octanol–water partition coefficient (Wildman–Crippen LogP) is 8.85. The number of halogens is 1. The molecule has 4 rings (SSSR count). The van der Waals surface area contributed by atoms with Gasteiger partial charge in [-0.3, -0.25) is 0 Å². The minimum Gasteiger partial charge on any atom is -0.326 e. The third kappa shape index (κ3) is 10.3. The van der Waals surface area contributed by atoms with Gasteiger partial charge >= 0.3 is 0 Å². The second-order valence-corrected chi connectivity index (χ2v) is 12.4. The van der Waals surface area contributed by atoms with Crippen LogP contribution in [0.15, 0.2) is 17.5 Å². The second kappa shape index (κ2) is 15.7. The van der Waals surface area contributed by atoms with Crippen LogP contribution in [0.1, 0.15) is 105 Å². The van der Waals surface area contributed by atoms with Gasteiger partial charge in [0.25, 0.3) is 0 Å². The number of nitrogens with two attached hydrogens (primary N) is 1. The molecule has 0 spiro atoms. The van der Waals surface area contributed by atoms with E-state index in [1.807, 2.05) is 12.4 Å². The molecule has 2 fully saturated rings. The molecule has 2 heterocycles. The zero-order chi connectivity index (χ0) is 24.5. The lowest BCUT2D eigenvalue weighted by Crippen LogP contribution is -2.04. The predicted molar refractivity (Wildman–Crippen MR) is 159 cm³/mol. The van der Waals surface area contributed by atoms with Crippen molar-refractivity contribution < 1.29 is 0 Å². The lowest BCUT2D eigenvalue weighted by Gasteiger charge is -2.15. The number of rotatable bonds is 5. The van der Waals surface area contributed by atoms with Gasteiger partial charge in [0.1, 0.15) is 0 Å². The molecule has 2 aliphatic rings. The van der Waals surface area contributed by atoms with Crippen molar-refractivity contribution in [1.29, 1.82) is 1.28 Å². The molecule has 6 nitrogen and oxygen atoms in total. The van der Waals surface area contributed by atoms with Crippen LogP contribution >= 0.6 is 52.9 Å². The fourth-order valence-corrected chi connectivity index (χ4v) is 6.49. The number of thiazole rings is 2. The van der Waals surface area contributed by atoms with Crippen LogP contribution in [-0.4, -0.2) is 11.2 Å². The molecule has 2 N–H and O–H groups in total. The van der Waals surface area contributed by atoms with Crippen molar-refractivity contribution >= 4 is 52.9 Å². The Morgan fingerprint density at radius 1 is 1.09 bits per heavy atom. The van der Waals surface area contributed by atoms with Crippen molar-refractivity contribution in [3.05, 3.63) is 42.6 Å². The highest BCUT2D eigenvalue weighted by molar-refractivity contribution is 7.92. The van der Waals surface area contributed by atoms with Gasteiger partial charge in [0, 0.05) is 45.4 Å². The maximum atomic E-state index is 8.26. The van der Waals surface area contributed by atoms with Gasteiger partial charge in [0.2, 0.25) is 0 Å². The largest absolute Gasteiger partial charge is 0.326 e. The highest BCUT2D eigenvalue weighted by Crippen LogP contribution is 2.47. The molecule has 4 unspecified atom stereocenters. The maximum Gasteiger partial charge on any atom is 0.0959 e. The Morgan fingerprint density at radius 3 is 1.88 bits per heavy atom. The van der Waals surface area contributed by atoms with E-state index in [4.69, 9.17) is 12.5 Å². The van der Waals surface area contributed by atoms with Gasteiger partial charge in [-0.25, -0.2) is 9.97 Å². The topological polar surface area (TPSA) is 101 Å². The van der Waals surface area contributed by atoms with Gasteiger partial charge in [0.05, 0.1) is 17.8 Å². The van der Waals surface area contributed by atoms with Gasteiger partial charge in [0.15, 0.2) is 0 Å². The van der Waals surface area contributed by atoms with Crippen LogP contribution in [0, 0.1) is 10.8 Å². The first-order chi connectivity index (χ1) is 15.6. The summed E-state index contributed by atoms with van der Waals surface area (Å²) in [6.45, 7) is 10.4. The SMILES string of the molecule is C.CC1(C)CCC(c2ncc(CN)s2)C1.CC1(C)CCC(c2ncc(CN=[N+]=[N-])s2)C1.Cl.[3H]PP. The van der Waals surface area contributed by atoms with Gasteiger partial charge in [-0.15, -0.1) is 52.9 Å². The summed E-state index contributed by atoms with van der Waals surface area (Å²) in [5, 5.41) is 6.08. The summed E-state index contributed by atoms with van der Waals surface area (Å²) in [5.41, 5.74) is 14.8. The van der Waals surface area contributed by atoms with Crippen LogP contribution in [0.25, 0.3) is 10.4 Å². The second-order valence-electron chi connectivity index (χ2n) is 10.1.